The third-order valence-corrected chi connectivity index (χ3v) is 3.13. The van der Waals surface area contributed by atoms with Gasteiger partial charge >= 0.3 is 5.69 Å². The van der Waals surface area contributed by atoms with E-state index >= 15 is 0 Å². The standard InChI is InChI=1S/C10H13ClN4O3/c1-13-7-6(8(17)14(2)10(13)18)15(4-3-5-16)9(11)12-7/h16H,3-5H2,1-2H3. The number of rotatable bonds is 3. The van der Waals surface area contributed by atoms with Gasteiger partial charge in [0.2, 0.25) is 5.28 Å². The van der Waals surface area contributed by atoms with E-state index in [0.29, 0.717) is 13.0 Å². The van der Waals surface area contributed by atoms with Gasteiger partial charge < -0.3 is 9.67 Å². The Morgan fingerprint density at radius 1 is 1.28 bits per heavy atom. The summed E-state index contributed by atoms with van der Waals surface area (Å²) in [6.45, 7) is 0.362. The van der Waals surface area contributed by atoms with Crippen molar-refractivity contribution in [2.45, 2.75) is 13.0 Å². The van der Waals surface area contributed by atoms with E-state index in [1.165, 1.54) is 23.2 Å². The fourth-order valence-corrected chi connectivity index (χ4v) is 2.10. The molecule has 0 saturated carbocycles. The molecule has 0 atom stereocenters. The van der Waals surface area contributed by atoms with Crippen LogP contribution in [0.5, 0.6) is 0 Å². The molecular weight excluding hydrogens is 260 g/mol. The van der Waals surface area contributed by atoms with Gasteiger partial charge in [0.25, 0.3) is 5.56 Å². The summed E-state index contributed by atoms with van der Waals surface area (Å²) < 4.78 is 3.79. The number of fused-ring (bicyclic) bond motifs is 1. The molecule has 98 valence electrons. The minimum absolute atomic E-state index is 0.0118. The smallest absolute Gasteiger partial charge is 0.332 e. The van der Waals surface area contributed by atoms with Crippen molar-refractivity contribution in [2.75, 3.05) is 6.61 Å². The molecule has 1 N–H and O–H groups in total. The van der Waals surface area contributed by atoms with Gasteiger partial charge in [0, 0.05) is 27.2 Å². The number of halogens is 1. The molecule has 2 aromatic rings. The summed E-state index contributed by atoms with van der Waals surface area (Å²) in [6.07, 6.45) is 0.456. The van der Waals surface area contributed by atoms with Gasteiger partial charge in [-0.15, -0.1) is 0 Å². The number of nitrogens with zero attached hydrogens (tertiary/aromatic N) is 4. The molecule has 2 aromatic heterocycles. The van der Waals surface area contributed by atoms with Gasteiger partial charge in [-0.3, -0.25) is 13.9 Å². The molecule has 2 heterocycles. The van der Waals surface area contributed by atoms with Crippen molar-refractivity contribution >= 4 is 22.8 Å². The Hall–Kier alpha value is -1.60. The second-order valence-electron chi connectivity index (χ2n) is 3.99. The Morgan fingerprint density at radius 3 is 2.56 bits per heavy atom. The molecule has 0 spiro atoms. The Bertz CT molecular complexity index is 712. The van der Waals surface area contributed by atoms with Crippen molar-refractivity contribution < 1.29 is 5.11 Å². The molecule has 18 heavy (non-hydrogen) atoms. The summed E-state index contributed by atoms with van der Waals surface area (Å²) >= 11 is 5.96. The molecule has 0 radical (unpaired) electrons. The fraction of sp³-hybridized carbons (Fsp3) is 0.500. The highest BCUT2D eigenvalue weighted by Gasteiger charge is 2.17. The number of aromatic nitrogens is 4. The van der Waals surface area contributed by atoms with Crippen molar-refractivity contribution in [2.24, 2.45) is 14.1 Å². The summed E-state index contributed by atoms with van der Waals surface area (Å²) in [5.41, 5.74) is -0.356. The zero-order valence-corrected chi connectivity index (χ0v) is 10.8. The lowest BCUT2D eigenvalue weighted by atomic mass is 10.4. The van der Waals surface area contributed by atoms with Crippen LogP contribution in [-0.4, -0.2) is 30.4 Å². The highest BCUT2D eigenvalue weighted by atomic mass is 35.5. The molecule has 0 aliphatic rings. The number of hydrogen-bond acceptors (Lipinski definition) is 4. The number of aryl methyl sites for hydroxylation is 2. The van der Waals surface area contributed by atoms with E-state index in [2.05, 4.69) is 4.98 Å². The lowest BCUT2D eigenvalue weighted by Gasteiger charge is -2.06. The molecule has 0 unspecified atom stereocenters. The van der Waals surface area contributed by atoms with E-state index < -0.39 is 11.2 Å². The van der Waals surface area contributed by atoms with Crippen LogP contribution in [0.1, 0.15) is 6.42 Å². The fourth-order valence-electron chi connectivity index (χ4n) is 1.85. The minimum atomic E-state index is -0.448. The summed E-state index contributed by atoms with van der Waals surface area (Å²) in [6, 6.07) is 0. The molecule has 0 bridgehead atoms. The zero-order valence-electron chi connectivity index (χ0n) is 10.1. The molecule has 2 rings (SSSR count). The topological polar surface area (TPSA) is 82.0 Å². The van der Waals surface area contributed by atoms with Crippen LogP contribution < -0.4 is 11.2 Å². The van der Waals surface area contributed by atoms with Crippen molar-refractivity contribution in [1.82, 2.24) is 18.7 Å². The first kappa shape index (κ1) is 12.8. The maximum absolute atomic E-state index is 12.1. The van der Waals surface area contributed by atoms with Gasteiger partial charge in [0.15, 0.2) is 11.2 Å². The molecule has 0 fully saturated rings. The second kappa shape index (κ2) is 4.58. The summed E-state index contributed by atoms with van der Waals surface area (Å²) in [4.78, 5) is 27.8. The maximum atomic E-state index is 12.1. The van der Waals surface area contributed by atoms with E-state index in [9.17, 15) is 9.59 Å². The quantitative estimate of drug-likeness (QED) is 0.762. The monoisotopic (exact) mass is 272 g/mol. The van der Waals surface area contributed by atoms with Gasteiger partial charge in [-0.2, -0.15) is 4.98 Å². The van der Waals surface area contributed by atoms with Crippen LogP contribution in [0.4, 0.5) is 0 Å². The molecule has 0 saturated heterocycles. The first-order chi connectivity index (χ1) is 8.49. The Morgan fingerprint density at radius 2 is 1.94 bits per heavy atom. The highest BCUT2D eigenvalue weighted by molar-refractivity contribution is 6.29. The molecule has 0 aliphatic heterocycles. The summed E-state index contributed by atoms with van der Waals surface area (Å²) in [5, 5.41) is 8.97. The van der Waals surface area contributed by atoms with Crippen LogP contribution >= 0.6 is 11.6 Å². The maximum Gasteiger partial charge on any atom is 0.332 e. The second-order valence-corrected chi connectivity index (χ2v) is 4.33. The van der Waals surface area contributed by atoms with Gasteiger partial charge in [0.1, 0.15) is 0 Å². The predicted molar refractivity (Wildman–Crippen MR) is 66.9 cm³/mol. The Kier molecular flexibility index (Phi) is 3.27. The highest BCUT2D eigenvalue weighted by Crippen LogP contribution is 2.15. The molecule has 0 aliphatic carbocycles. The summed E-state index contributed by atoms with van der Waals surface area (Å²) in [5.74, 6) is 0. The third kappa shape index (κ3) is 1.75. The van der Waals surface area contributed by atoms with Crippen LogP contribution in [0.15, 0.2) is 9.59 Å². The van der Waals surface area contributed by atoms with E-state index in [1.54, 1.807) is 0 Å². The van der Waals surface area contributed by atoms with Gasteiger partial charge in [-0.1, -0.05) is 0 Å². The van der Waals surface area contributed by atoms with E-state index in [-0.39, 0.29) is 23.1 Å². The molecule has 7 nitrogen and oxygen atoms in total. The van der Waals surface area contributed by atoms with E-state index in [1.807, 2.05) is 0 Å². The van der Waals surface area contributed by atoms with Gasteiger partial charge in [-0.05, 0) is 18.0 Å². The average Bonchev–Trinajstić information content (AvgIpc) is 2.68. The number of hydrogen-bond donors (Lipinski definition) is 1. The van der Waals surface area contributed by atoms with Crippen molar-refractivity contribution in [3.63, 3.8) is 0 Å². The van der Waals surface area contributed by atoms with Crippen molar-refractivity contribution in [3.05, 3.63) is 26.1 Å². The van der Waals surface area contributed by atoms with Gasteiger partial charge in [0.05, 0.1) is 0 Å². The van der Waals surface area contributed by atoms with Gasteiger partial charge in [-0.25, -0.2) is 4.79 Å². The molecule has 0 aromatic carbocycles. The van der Waals surface area contributed by atoms with Crippen molar-refractivity contribution in [3.8, 4) is 0 Å². The summed E-state index contributed by atoms with van der Waals surface area (Å²) in [7, 11) is 2.94. The predicted octanol–water partition coefficient (Wildman–Crippen LogP) is -0.531. The number of aliphatic hydroxyl groups excluding tert-OH is 1. The van der Waals surface area contributed by atoms with Crippen LogP contribution in [0, 0.1) is 0 Å². The Balaban J connectivity index is 2.86. The van der Waals surface area contributed by atoms with Crippen LogP contribution in [-0.2, 0) is 20.6 Å². The van der Waals surface area contributed by atoms with Crippen molar-refractivity contribution in [1.29, 1.82) is 0 Å². The largest absolute Gasteiger partial charge is 0.396 e. The Labute approximate surface area is 107 Å². The average molecular weight is 273 g/mol. The third-order valence-electron chi connectivity index (χ3n) is 2.84. The van der Waals surface area contributed by atoms with Crippen LogP contribution in [0.25, 0.3) is 11.2 Å². The normalized spacial score (nSPS) is 11.3. The lowest BCUT2D eigenvalue weighted by Crippen LogP contribution is -2.37. The minimum Gasteiger partial charge on any atom is -0.396 e. The lowest BCUT2D eigenvalue weighted by molar-refractivity contribution is 0.280. The van der Waals surface area contributed by atoms with Crippen LogP contribution in [0.3, 0.4) is 0 Å². The molecule has 0 amide bonds. The number of aliphatic hydroxyl groups is 1. The molecule has 8 heteroatoms. The van der Waals surface area contributed by atoms with E-state index in [4.69, 9.17) is 16.7 Å². The van der Waals surface area contributed by atoms with E-state index in [0.717, 1.165) is 4.57 Å². The first-order valence-electron chi connectivity index (χ1n) is 5.41. The number of imidazole rings is 1. The first-order valence-corrected chi connectivity index (χ1v) is 5.79. The SMILES string of the molecule is Cn1c(=O)c2c(nc(Cl)n2CCCO)n(C)c1=O. The molecular formula is C10H13ClN4O3. The van der Waals surface area contributed by atoms with Crippen LogP contribution in [0.2, 0.25) is 5.28 Å². The zero-order chi connectivity index (χ0) is 13.4.